The number of nitrogens with two attached hydrogens (primary N) is 1. The van der Waals surface area contributed by atoms with Crippen LogP contribution in [-0.4, -0.2) is 35.6 Å². The van der Waals surface area contributed by atoms with E-state index in [0.29, 0.717) is 18.8 Å². The van der Waals surface area contributed by atoms with Gasteiger partial charge in [-0.2, -0.15) is 0 Å². The van der Waals surface area contributed by atoms with E-state index in [1.54, 1.807) is 26.0 Å². The van der Waals surface area contributed by atoms with Gasteiger partial charge in [-0.25, -0.2) is 4.79 Å². The van der Waals surface area contributed by atoms with Crippen LogP contribution in [0.15, 0.2) is 18.2 Å². The van der Waals surface area contributed by atoms with Crippen molar-refractivity contribution in [3.8, 4) is 0 Å². The molecule has 0 aliphatic carbocycles. The number of nitrogens with zero attached hydrogens (tertiary/aromatic N) is 1. The van der Waals surface area contributed by atoms with Crippen molar-refractivity contribution in [2.45, 2.75) is 19.4 Å². The maximum absolute atomic E-state index is 11.9. The van der Waals surface area contributed by atoms with Crippen LogP contribution in [0.2, 0.25) is 0 Å². The summed E-state index contributed by atoms with van der Waals surface area (Å²) in [5.41, 5.74) is 6.00. The van der Waals surface area contributed by atoms with Crippen molar-refractivity contribution in [1.29, 1.82) is 0 Å². The fourth-order valence-electron chi connectivity index (χ4n) is 2.30. The van der Waals surface area contributed by atoms with Crippen molar-refractivity contribution >= 4 is 23.3 Å². The molecule has 1 aromatic rings. The third-order valence-electron chi connectivity index (χ3n) is 3.46. The highest BCUT2D eigenvalue weighted by atomic mass is 16.4. The van der Waals surface area contributed by atoms with Gasteiger partial charge >= 0.3 is 5.97 Å². The van der Waals surface area contributed by atoms with Gasteiger partial charge in [-0.15, -0.1) is 0 Å². The molecular weight excluding hydrogens is 246 g/mol. The number of carbonyl (C=O) groups excluding carboxylic acids is 1. The number of benzene rings is 1. The van der Waals surface area contributed by atoms with E-state index in [-0.39, 0.29) is 17.2 Å². The molecule has 1 saturated heterocycles. The average molecular weight is 263 g/mol. The number of rotatable bonds is 2. The first-order chi connectivity index (χ1) is 8.85. The first-order valence-corrected chi connectivity index (χ1v) is 6.03. The van der Waals surface area contributed by atoms with Crippen LogP contribution in [0.3, 0.4) is 0 Å². The summed E-state index contributed by atoms with van der Waals surface area (Å²) in [4.78, 5) is 24.9. The molecule has 0 saturated carbocycles. The lowest BCUT2D eigenvalue weighted by atomic mass is 9.97. The molecule has 19 heavy (non-hydrogen) atoms. The van der Waals surface area contributed by atoms with E-state index < -0.39 is 11.5 Å². The molecule has 0 aromatic heterocycles. The van der Waals surface area contributed by atoms with Crippen LogP contribution in [0.25, 0.3) is 0 Å². The SMILES string of the molecule is CC1(C)C(=O)NCCN1c1cccc(C(=O)O)c1N. The Morgan fingerprint density at radius 2 is 2.16 bits per heavy atom. The number of nitrogens with one attached hydrogen (secondary N) is 1. The Hall–Kier alpha value is -2.24. The molecule has 1 heterocycles. The summed E-state index contributed by atoms with van der Waals surface area (Å²) < 4.78 is 0. The molecule has 1 aliphatic rings. The number of amides is 1. The number of para-hydroxylation sites is 1. The number of hydrogen-bond donors (Lipinski definition) is 3. The lowest BCUT2D eigenvalue weighted by molar-refractivity contribution is -0.126. The Balaban J connectivity index is 2.50. The molecule has 0 atom stereocenters. The van der Waals surface area contributed by atoms with Crippen LogP contribution in [0, 0.1) is 0 Å². The number of carboxylic acids is 1. The lowest BCUT2D eigenvalue weighted by Crippen LogP contribution is -2.62. The Bertz CT molecular complexity index is 540. The second-order valence-corrected chi connectivity index (χ2v) is 5.01. The molecule has 0 bridgehead atoms. The Kier molecular flexibility index (Phi) is 3.09. The van der Waals surface area contributed by atoms with E-state index in [0.717, 1.165) is 0 Å². The molecule has 0 unspecified atom stereocenters. The summed E-state index contributed by atoms with van der Waals surface area (Å²) in [6.45, 7) is 4.67. The van der Waals surface area contributed by atoms with Gasteiger partial charge in [0.25, 0.3) is 0 Å². The number of nitrogen functional groups attached to an aromatic ring is 1. The highest BCUT2D eigenvalue weighted by molar-refractivity contribution is 5.99. The number of carboxylic acid groups (broad SMARTS) is 1. The van der Waals surface area contributed by atoms with Crippen LogP contribution < -0.4 is 16.0 Å². The second-order valence-electron chi connectivity index (χ2n) is 5.01. The van der Waals surface area contributed by atoms with Gasteiger partial charge in [-0.3, -0.25) is 4.79 Å². The van der Waals surface area contributed by atoms with Gasteiger partial charge in [0.15, 0.2) is 0 Å². The summed E-state index contributed by atoms with van der Waals surface area (Å²) in [5, 5.41) is 11.9. The number of hydrogen-bond acceptors (Lipinski definition) is 4. The fourth-order valence-corrected chi connectivity index (χ4v) is 2.30. The molecular formula is C13H17N3O3. The fraction of sp³-hybridized carbons (Fsp3) is 0.385. The van der Waals surface area contributed by atoms with Crippen LogP contribution in [0.5, 0.6) is 0 Å². The van der Waals surface area contributed by atoms with Crippen molar-refractivity contribution in [1.82, 2.24) is 5.32 Å². The largest absolute Gasteiger partial charge is 0.478 e. The zero-order chi connectivity index (χ0) is 14.2. The molecule has 4 N–H and O–H groups in total. The molecule has 102 valence electrons. The van der Waals surface area contributed by atoms with E-state index in [1.165, 1.54) is 6.07 Å². The van der Waals surface area contributed by atoms with Gasteiger partial charge in [-0.1, -0.05) is 6.07 Å². The summed E-state index contributed by atoms with van der Waals surface area (Å²) in [6.07, 6.45) is 0. The van der Waals surface area contributed by atoms with E-state index in [4.69, 9.17) is 10.8 Å². The number of carbonyl (C=O) groups is 2. The smallest absolute Gasteiger partial charge is 0.337 e. The average Bonchev–Trinajstić information content (AvgIpc) is 2.33. The third kappa shape index (κ3) is 2.09. The van der Waals surface area contributed by atoms with Crippen LogP contribution in [0.1, 0.15) is 24.2 Å². The molecule has 1 aliphatic heterocycles. The highest BCUT2D eigenvalue weighted by Gasteiger charge is 2.38. The zero-order valence-electron chi connectivity index (χ0n) is 10.9. The molecule has 2 rings (SSSR count). The first-order valence-electron chi connectivity index (χ1n) is 6.03. The van der Waals surface area contributed by atoms with E-state index in [9.17, 15) is 9.59 Å². The maximum atomic E-state index is 11.9. The topological polar surface area (TPSA) is 95.7 Å². The number of aromatic carboxylic acids is 1. The van der Waals surface area contributed by atoms with Crippen molar-refractivity contribution in [2.75, 3.05) is 23.7 Å². The van der Waals surface area contributed by atoms with Gasteiger partial charge in [-0.05, 0) is 26.0 Å². The lowest BCUT2D eigenvalue weighted by Gasteiger charge is -2.43. The predicted molar refractivity (Wildman–Crippen MR) is 72.2 cm³/mol. The minimum absolute atomic E-state index is 0.0549. The molecule has 1 aromatic carbocycles. The van der Waals surface area contributed by atoms with E-state index >= 15 is 0 Å². The van der Waals surface area contributed by atoms with Gasteiger partial charge in [0.05, 0.1) is 16.9 Å². The van der Waals surface area contributed by atoms with Crippen molar-refractivity contribution in [3.63, 3.8) is 0 Å². The van der Waals surface area contributed by atoms with Crippen LogP contribution >= 0.6 is 0 Å². The summed E-state index contributed by atoms with van der Waals surface area (Å²) >= 11 is 0. The monoisotopic (exact) mass is 263 g/mol. The minimum atomic E-state index is -1.07. The van der Waals surface area contributed by atoms with Gasteiger partial charge in [0, 0.05) is 13.1 Å². The number of anilines is 2. The van der Waals surface area contributed by atoms with E-state index in [1.807, 2.05) is 4.90 Å². The van der Waals surface area contributed by atoms with E-state index in [2.05, 4.69) is 5.32 Å². The molecule has 0 spiro atoms. The van der Waals surface area contributed by atoms with Crippen molar-refractivity contribution in [3.05, 3.63) is 23.8 Å². The standard InChI is InChI=1S/C13H17N3O3/c1-13(2)12(19)15-6-7-16(13)9-5-3-4-8(10(9)14)11(17)18/h3-5H,6-7,14H2,1-2H3,(H,15,19)(H,17,18). The zero-order valence-corrected chi connectivity index (χ0v) is 10.9. The van der Waals surface area contributed by atoms with Crippen LogP contribution in [-0.2, 0) is 4.79 Å². The molecule has 1 amide bonds. The Morgan fingerprint density at radius 1 is 1.47 bits per heavy atom. The van der Waals surface area contributed by atoms with Crippen molar-refractivity contribution in [2.24, 2.45) is 0 Å². The van der Waals surface area contributed by atoms with Gasteiger partial charge < -0.3 is 21.1 Å². The summed E-state index contributed by atoms with van der Waals surface area (Å²) in [5.74, 6) is -1.17. The molecule has 0 radical (unpaired) electrons. The second kappa shape index (κ2) is 4.46. The van der Waals surface area contributed by atoms with Gasteiger partial charge in [0.1, 0.15) is 5.54 Å². The maximum Gasteiger partial charge on any atom is 0.337 e. The minimum Gasteiger partial charge on any atom is -0.478 e. The molecule has 1 fully saturated rings. The third-order valence-corrected chi connectivity index (χ3v) is 3.46. The number of piperazine rings is 1. The quantitative estimate of drug-likeness (QED) is 0.682. The predicted octanol–water partition coefficient (Wildman–Crippen LogP) is 0.682. The molecule has 6 nitrogen and oxygen atoms in total. The summed E-state index contributed by atoms with van der Waals surface area (Å²) in [7, 11) is 0. The van der Waals surface area contributed by atoms with Crippen LogP contribution in [0.4, 0.5) is 11.4 Å². The highest BCUT2D eigenvalue weighted by Crippen LogP contribution is 2.32. The Morgan fingerprint density at radius 3 is 2.79 bits per heavy atom. The van der Waals surface area contributed by atoms with Crippen molar-refractivity contribution < 1.29 is 14.7 Å². The first kappa shape index (κ1) is 13.2. The van der Waals surface area contributed by atoms with Gasteiger partial charge in [0.2, 0.25) is 5.91 Å². The summed E-state index contributed by atoms with van der Waals surface area (Å²) in [6, 6.07) is 4.83. The molecule has 6 heteroatoms. The normalized spacial score (nSPS) is 18.0. The Labute approximate surface area is 111 Å².